The van der Waals surface area contributed by atoms with E-state index in [2.05, 4.69) is 26.0 Å². The zero-order chi connectivity index (χ0) is 19.8. The van der Waals surface area contributed by atoms with Crippen molar-refractivity contribution in [2.45, 2.75) is 49.8 Å². The Bertz CT molecular complexity index is 697. The van der Waals surface area contributed by atoms with Crippen molar-refractivity contribution in [1.82, 2.24) is 0 Å². The molecule has 5 atom stereocenters. The summed E-state index contributed by atoms with van der Waals surface area (Å²) in [5.74, 6) is -1.08. The highest BCUT2D eigenvalue weighted by Gasteiger charge is 2.47. The zero-order valence-corrected chi connectivity index (χ0v) is 16.4. The maximum Gasteiger partial charge on any atom is 0.303 e. The maximum absolute atomic E-state index is 11.5. The first kappa shape index (κ1) is 21.2. The first-order valence-electron chi connectivity index (χ1n) is 8.22. The molecule has 0 bridgehead atoms. The van der Waals surface area contributed by atoms with Crippen LogP contribution in [0, 0.1) is 0 Å². The Morgan fingerprint density at radius 1 is 1.22 bits per heavy atom. The van der Waals surface area contributed by atoms with E-state index >= 15 is 0 Å². The van der Waals surface area contributed by atoms with Gasteiger partial charge < -0.3 is 18.9 Å². The summed E-state index contributed by atoms with van der Waals surface area (Å²) < 4.78 is 22.0. The molecule has 1 heterocycles. The minimum atomic E-state index is -0.965. The van der Waals surface area contributed by atoms with Crippen LogP contribution in [0.1, 0.15) is 19.4 Å². The van der Waals surface area contributed by atoms with E-state index in [4.69, 9.17) is 24.5 Å². The third-order valence-corrected chi connectivity index (χ3v) is 4.56. The Morgan fingerprint density at radius 2 is 1.93 bits per heavy atom. The highest BCUT2D eigenvalue weighted by atomic mass is 79.9. The molecule has 0 aromatic heterocycles. The minimum Gasteiger partial charge on any atom is -0.463 e. The van der Waals surface area contributed by atoms with Gasteiger partial charge in [-0.05, 0) is 11.1 Å². The SMILES string of the molecule is CC(=O)OCC1O[C@@H](Br)C(OCc2ccccc2)[C@@H](N=[N+]=[N-])[C@H]1OC(C)=O. The molecule has 2 unspecified atom stereocenters. The van der Waals surface area contributed by atoms with Crippen LogP contribution in [0.5, 0.6) is 0 Å². The molecule has 1 aromatic carbocycles. The lowest BCUT2D eigenvalue weighted by molar-refractivity contribution is -0.200. The summed E-state index contributed by atoms with van der Waals surface area (Å²) in [6, 6.07) is 8.55. The Morgan fingerprint density at radius 3 is 2.52 bits per heavy atom. The number of azide groups is 1. The number of benzene rings is 1. The van der Waals surface area contributed by atoms with E-state index < -0.39 is 41.3 Å². The molecule has 1 aliphatic heterocycles. The van der Waals surface area contributed by atoms with Gasteiger partial charge in [0.25, 0.3) is 0 Å². The van der Waals surface area contributed by atoms with Crippen molar-refractivity contribution in [3.63, 3.8) is 0 Å². The summed E-state index contributed by atoms with van der Waals surface area (Å²) >= 11 is 3.37. The number of rotatable bonds is 7. The number of hydrogen-bond acceptors (Lipinski definition) is 7. The predicted molar refractivity (Wildman–Crippen MR) is 97.7 cm³/mol. The number of ether oxygens (including phenoxy) is 4. The van der Waals surface area contributed by atoms with Crippen molar-refractivity contribution in [1.29, 1.82) is 0 Å². The number of nitrogens with zero attached hydrogens (tertiary/aromatic N) is 3. The van der Waals surface area contributed by atoms with Crippen molar-refractivity contribution < 1.29 is 28.5 Å². The minimum absolute atomic E-state index is 0.155. The molecule has 1 saturated heterocycles. The molecule has 146 valence electrons. The molecule has 0 saturated carbocycles. The van der Waals surface area contributed by atoms with E-state index in [1.165, 1.54) is 13.8 Å². The van der Waals surface area contributed by atoms with Gasteiger partial charge in [-0.15, -0.1) is 0 Å². The van der Waals surface area contributed by atoms with Crippen LogP contribution in [-0.4, -0.2) is 47.9 Å². The summed E-state index contributed by atoms with van der Waals surface area (Å²) in [6.45, 7) is 2.58. The van der Waals surface area contributed by atoms with Crippen molar-refractivity contribution in [3.05, 3.63) is 46.3 Å². The predicted octanol–water partition coefficient (Wildman–Crippen LogP) is 2.87. The molecule has 0 radical (unpaired) electrons. The number of hydrogen-bond donors (Lipinski definition) is 0. The van der Waals surface area contributed by atoms with Gasteiger partial charge in [-0.3, -0.25) is 9.59 Å². The van der Waals surface area contributed by atoms with Gasteiger partial charge in [0.1, 0.15) is 36.0 Å². The number of carbonyl (C=O) groups excluding carboxylic acids is 2. The lowest BCUT2D eigenvalue weighted by atomic mass is 9.97. The quantitative estimate of drug-likeness (QED) is 0.211. The molecule has 27 heavy (non-hydrogen) atoms. The lowest BCUT2D eigenvalue weighted by Crippen LogP contribution is -2.58. The van der Waals surface area contributed by atoms with Gasteiger partial charge in [0.2, 0.25) is 0 Å². The van der Waals surface area contributed by atoms with Gasteiger partial charge in [0.05, 0.1) is 6.61 Å². The first-order chi connectivity index (χ1) is 12.9. The fourth-order valence-electron chi connectivity index (χ4n) is 2.69. The van der Waals surface area contributed by atoms with Crippen molar-refractivity contribution in [2.24, 2.45) is 5.11 Å². The van der Waals surface area contributed by atoms with Crippen molar-refractivity contribution in [2.75, 3.05) is 6.61 Å². The van der Waals surface area contributed by atoms with E-state index in [0.29, 0.717) is 0 Å². The van der Waals surface area contributed by atoms with Crippen LogP contribution < -0.4 is 0 Å². The molecular formula is C17H20BrN3O6. The normalized spacial score (nSPS) is 27.3. The van der Waals surface area contributed by atoms with Gasteiger partial charge in [-0.1, -0.05) is 51.4 Å². The van der Waals surface area contributed by atoms with E-state index in [1.807, 2.05) is 30.3 Å². The van der Waals surface area contributed by atoms with Gasteiger partial charge in [-0.25, -0.2) is 0 Å². The molecule has 1 fully saturated rings. The molecule has 10 heteroatoms. The molecule has 1 aromatic rings. The van der Waals surface area contributed by atoms with Crippen molar-refractivity contribution >= 4 is 27.9 Å². The van der Waals surface area contributed by atoms with E-state index in [1.54, 1.807) is 0 Å². The second-order valence-corrected chi connectivity index (χ2v) is 6.76. The summed E-state index contributed by atoms with van der Waals surface area (Å²) in [5.41, 5.74) is 9.90. The third-order valence-electron chi connectivity index (χ3n) is 3.83. The molecule has 2 rings (SSSR count). The Balaban J connectivity index is 2.21. The molecular weight excluding hydrogens is 422 g/mol. The van der Waals surface area contributed by atoms with Gasteiger partial charge in [0.15, 0.2) is 0 Å². The number of carbonyl (C=O) groups is 2. The number of alkyl halides is 1. The number of esters is 2. The highest BCUT2D eigenvalue weighted by Crippen LogP contribution is 2.32. The van der Waals surface area contributed by atoms with Crippen LogP contribution in [0.3, 0.4) is 0 Å². The van der Waals surface area contributed by atoms with Crippen LogP contribution >= 0.6 is 15.9 Å². The average Bonchev–Trinajstić information content (AvgIpc) is 2.62. The standard InChI is InChI=1S/C17H20BrN3O6/c1-10(22)24-9-13-15(26-11(2)23)14(20-21-19)16(17(18)27-13)25-8-12-6-4-3-5-7-12/h3-7,13-17H,8-9H2,1-2H3/t13?,14-,15-,16?,17+/m0/s1. The fraction of sp³-hybridized carbons (Fsp3) is 0.529. The summed E-state index contributed by atoms with van der Waals surface area (Å²) in [7, 11) is 0. The smallest absolute Gasteiger partial charge is 0.303 e. The van der Waals surface area contributed by atoms with E-state index in [9.17, 15) is 9.59 Å². The second-order valence-electron chi connectivity index (χ2n) is 5.86. The third kappa shape index (κ3) is 6.21. The second kappa shape index (κ2) is 10.3. The van der Waals surface area contributed by atoms with Crippen LogP contribution in [0.15, 0.2) is 35.4 Å². The van der Waals surface area contributed by atoms with E-state index in [-0.39, 0.29) is 13.2 Å². The summed E-state index contributed by atoms with van der Waals surface area (Å²) in [6.07, 6.45) is -2.50. The van der Waals surface area contributed by atoms with Gasteiger partial charge in [-0.2, -0.15) is 0 Å². The number of halogens is 1. The van der Waals surface area contributed by atoms with Gasteiger partial charge >= 0.3 is 11.9 Å². The van der Waals surface area contributed by atoms with Crippen LogP contribution in [0.25, 0.3) is 10.4 Å². The average molecular weight is 442 g/mol. The summed E-state index contributed by atoms with van der Waals surface area (Å²) in [4.78, 5) is 25.5. The van der Waals surface area contributed by atoms with Crippen molar-refractivity contribution in [3.8, 4) is 0 Å². The molecule has 1 aliphatic rings. The largest absolute Gasteiger partial charge is 0.463 e. The maximum atomic E-state index is 11.5. The topological polar surface area (TPSA) is 120 Å². The molecule has 0 spiro atoms. The highest BCUT2D eigenvalue weighted by molar-refractivity contribution is 9.09. The zero-order valence-electron chi connectivity index (χ0n) is 14.9. The molecule has 0 amide bonds. The van der Waals surface area contributed by atoms with Crippen LogP contribution in [0.2, 0.25) is 0 Å². The Kier molecular flexibility index (Phi) is 8.05. The molecule has 0 aliphatic carbocycles. The summed E-state index contributed by atoms with van der Waals surface area (Å²) in [5, 5.41) is 3.10. The van der Waals surface area contributed by atoms with E-state index in [0.717, 1.165) is 5.56 Å². The first-order valence-corrected chi connectivity index (χ1v) is 9.13. The van der Waals surface area contributed by atoms with Gasteiger partial charge in [0, 0.05) is 18.8 Å². The fourth-order valence-corrected chi connectivity index (χ4v) is 3.43. The molecule has 0 N–H and O–H groups in total. The van der Waals surface area contributed by atoms with Crippen LogP contribution in [-0.2, 0) is 35.1 Å². The Hall–Kier alpha value is -2.13. The monoisotopic (exact) mass is 441 g/mol. The lowest BCUT2D eigenvalue weighted by Gasteiger charge is -2.42. The van der Waals surface area contributed by atoms with Crippen LogP contribution in [0.4, 0.5) is 0 Å². The molecule has 9 nitrogen and oxygen atoms in total. The Labute approximate surface area is 164 Å².